The standard InChI is InChI=1S/C10H16N2O4/c1-2-11(7-10(15)16)9(14)6-12-5-3-4-8(12)13/h2-7H2,1H3,(H,15,16). The number of aliphatic carboxylic acids is 1. The Kier molecular flexibility index (Phi) is 4.28. The van der Waals surface area contributed by atoms with Crippen LogP contribution in [0.3, 0.4) is 0 Å². The van der Waals surface area contributed by atoms with Crippen LogP contribution in [0.15, 0.2) is 0 Å². The first-order chi connectivity index (χ1) is 7.54. The van der Waals surface area contributed by atoms with Crippen molar-refractivity contribution < 1.29 is 19.5 Å². The lowest BCUT2D eigenvalue weighted by Crippen LogP contribution is -2.42. The van der Waals surface area contributed by atoms with Gasteiger partial charge in [-0.3, -0.25) is 14.4 Å². The number of nitrogens with zero attached hydrogens (tertiary/aromatic N) is 2. The van der Waals surface area contributed by atoms with Crippen LogP contribution in [0.25, 0.3) is 0 Å². The van der Waals surface area contributed by atoms with E-state index in [2.05, 4.69) is 0 Å². The summed E-state index contributed by atoms with van der Waals surface area (Å²) in [6.07, 6.45) is 1.26. The van der Waals surface area contributed by atoms with Crippen molar-refractivity contribution in [3.8, 4) is 0 Å². The lowest BCUT2D eigenvalue weighted by molar-refractivity contribution is -0.145. The first-order valence-corrected chi connectivity index (χ1v) is 5.32. The van der Waals surface area contributed by atoms with Crippen molar-refractivity contribution in [1.82, 2.24) is 9.80 Å². The van der Waals surface area contributed by atoms with Crippen LogP contribution in [0.4, 0.5) is 0 Å². The van der Waals surface area contributed by atoms with E-state index < -0.39 is 5.97 Å². The van der Waals surface area contributed by atoms with Gasteiger partial charge in [-0.15, -0.1) is 0 Å². The molecule has 90 valence electrons. The molecule has 0 spiro atoms. The van der Waals surface area contributed by atoms with E-state index in [1.165, 1.54) is 9.80 Å². The Morgan fingerprint density at radius 2 is 2.19 bits per heavy atom. The average molecular weight is 228 g/mol. The Hall–Kier alpha value is -1.59. The van der Waals surface area contributed by atoms with E-state index in [1.807, 2.05) is 0 Å². The number of carboxylic acids is 1. The minimum atomic E-state index is -1.04. The molecule has 0 aromatic heterocycles. The minimum absolute atomic E-state index is 0.0000463. The highest BCUT2D eigenvalue weighted by Crippen LogP contribution is 2.09. The number of carbonyl (C=O) groups is 3. The van der Waals surface area contributed by atoms with Crippen molar-refractivity contribution in [1.29, 1.82) is 0 Å². The third-order valence-corrected chi connectivity index (χ3v) is 2.56. The van der Waals surface area contributed by atoms with Crippen LogP contribution in [0.1, 0.15) is 19.8 Å². The molecule has 0 bridgehead atoms. The second-order valence-electron chi connectivity index (χ2n) is 3.72. The van der Waals surface area contributed by atoms with E-state index in [-0.39, 0.29) is 24.9 Å². The second-order valence-corrected chi connectivity index (χ2v) is 3.72. The lowest BCUT2D eigenvalue weighted by Gasteiger charge is -2.22. The van der Waals surface area contributed by atoms with Gasteiger partial charge < -0.3 is 14.9 Å². The van der Waals surface area contributed by atoms with E-state index in [0.717, 1.165) is 6.42 Å². The number of hydrogen-bond donors (Lipinski definition) is 1. The van der Waals surface area contributed by atoms with Gasteiger partial charge in [-0.1, -0.05) is 0 Å². The molecule has 0 aliphatic carbocycles. The minimum Gasteiger partial charge on any atom is -0.480 e. The summed E-state index contributed by atoms with van der Waals surface area (Å²) in [7, 11) is 0. The summed E-state index contributed by atoms with van der Waals surface area (Å²) in [5, 5.41) is 8.60. The van der Waals surface area contributed by atoms with Gasteiger partial charge in [-0.2, -0.15) is 0 Å². The molecule has 1 fully saturated rings. The monoisotopic (exact) mass is 228 g/mol. The number of hydrogen-bond acceptors (Lipinski definition) is 3. The fourth-order valence-corrected chi connectivity index (χ4v) is 1.67. The highest BCUT2D eigenvalue weighted by molar-refractivity contribution is 5.87. The van der Waals surface area contributed by atoms with Crippen molar-refractivity contribution in [3.63, 3.8) is 0 Å². The van der Waals surface area contributed by atoms with Crippen molar-refractivity contribution in [2.24, 2.45) is 0 Å². The topological polar surface area (TPSA) is 77.9 Å². The Labute approximate surface area is 93.8 Å². The van der Waals surface area contributed by atoms with Gasteiger partial charge >= 0.3 is 5.97 Å². The Balaban J connectivity index is 2.48. The Bertz CT molecular complexity index is 303. The molecule has 6 heteroatoms. The van der Waals surface area contributed by atoms with Gasteiger partial charge in [0.1, 0.15) is 6.54 Å². The molecule has 16 heavy (non-hydrogen) atoms. The molecule has 1 aliphatic rings. The molecule has 6 nitrogen and oxygen atoms in total. The van der Waals surface area contributed by atoms with Crippen LogP contribution in [-0.4, -0.2) is 58.9 Å². The quantitative estimate of drug-likeness (QED) is 0.690. The summed E-state index contributed by atoms with van der Waals surface area (Å²) < 4.78 is 0. The second kappa shape index (κ2) is 5.48. The summed E-state index contributed by atoms with van der Waals surface area (Å²) in [6, 6.07) is 0. The Morgan fingerprint density at radius 1 is 1.50 bits per heavy atom. The number of amides is 2. The number of rotatable bonds is 5. The summed E-state index contributed by atoms with van der Waals surface area (Å²) in [5.74, 6) is -1.37. The third kappa shape index (κ3) is 3.22. The molecule has 0 radical (unpaired) electrons. The molecule has 1 N–H and O–H groups in total. The first kappa shape index (κ1) is 12.5. The Morgan fingerprint density at radius 3 is 2.62 bits per heavy atom. The molecule has 0 unspecified atom stereocenters. The molecule has 1 rings (SSSR count). The van der Waals surface area contributed by atoms with Gasteiger partial charge in [-0.05, 0) is 13.3 Å². The molecule has 0 saturated carbocycles. The van der Waals surface area contributed by atoms with Crippen LogP contribution in [0.2, 0.25) is 0 Å². The molecule has 1 heterocycles. The van der Waals surface area contributed by atoms with Gasteiger partial charge in [0.2, 0.25) is 11.8 Å². The fraction of sp³-hybridized carbons (Fsp3) is 0.700. The van der Waals surface area contributed by atoms with E-state index in [0.29, 0.717) is 19.5 Å². The van der Waals surface area contributed by atoms with Crippen LogP contribution in [0, 0.1) is 0 Å². The predicted molar refractivity (Wildman–Crippen MR) is 55.7 cm³/mol. The normalized spacial score (nSPS) is 15.3. The van der Waals surface area contributed by atoms with Crippen molar-refractivity contribution in [3.05, 3.63) is 0 Å². The molecule has 1 aliphatic heterocycles. The zero-order valence-electron chi connectivity index (χ0n) is 9.31. The number of carboxylic acid groups (broad SMARTS) is 1. The van der Waals surface area contributed by atoms with Gasteiger partial charge in [0, 0.05) is 19.5 Å². The first-order valence-electron chi connectivity index (χ1n) is 5.32. The predicted octanol–water partition coefficient (Wildman–Crippen LogP) is -0.458. The van der Waals surface area contributed by atoms with Crippen molar-refractivity contribution >= 4 is 17.8 Å². The fourth-order valence-electron chi connectivity index (χ4n) is 1.67. The lowest BCUT2D eigenvalue weighted by atomic mass is 10.4. The number of carbonyl (C=O) groups excluding carboxylic acids is 2. The van der Waals surface area contributed by atoms with Gasteiger partial charge in [0.15, 0.2) is 0 Å². The molecular formula is C10H16N2O4. The summed E-state index contributed by atoms with van der Waals surface area (Å²) in [4.78, 5) is 36.2. The van der Waals surface area contributed by atoms with E-state index >= 15 is 0 Å². The SMILES string of the molecule is CCN(CC(=O)O)C(=O)CN1CCCC1=O. The molecule has 0 atom stereocenters. The van der Waals surface area contributed by atoms with Crippen LogP contribution >= 0.6 is 0 Å². The summed E-state index contributed by atoms with van der Waals surface area (Å²) in [5.41, 5.74) is 0. The number of likely N-dealkylation sites (N-methyl/N-ethyl adjacent to an activating group) is 1. The molecule has 1 saturated heterocycles. The molecule has 0 aromatic rings. The van der Waals surface area contributed by atoms with E-state index in [1.54, 1.807) is 6.92 Å². The molecule has 2 amide bonds. The maximum Gasteiger partial charge on any atom is 0.323 e. The van der Waals surface area contributed by atoms with Gasteiger partial charge in [0.05, 0.1) is 6.54 Å². The highest BCUT2D eigenvalue weighted by atomic mass is 16.4. The summed E-state index contributed by atoms with van der Waals surface area (Å²) in [6.45, 7) is 2.34. The van der Waals surface area contributed by atoms with Crippen molar-refractivity contribution in [2.75, 3.05) is 26.2 Å². The van der Waals surface area contributed by atoms with Crippen LogP contribution < -0.4 is 0 Å². The maximum atomic E-state index is 11.7. The maximum absolute atomic E-state index is 11.7. The molecule has 0 aromatic carbocycles. The van der Waals surface area contributed by atoms with Crippen molar-refractivity contribution in [2.45, 2.75) is 19.8 Å². The number of likely N-dealkylation sites (tertiary alicyclic amines) is 1. The zero-order valence-corrected chi connectivity index (χ0v) is 9.31. The van der Waals surface area contributed by atoms with Gasteiger partial charge in [-0.25, -0.2) is 0 Å². The van der Waals surface area contributed by atoms with Crippen LogP contribution in [0.5, 0.6) is 0 Å². The van der Waals surface area contributed by atoms with Crippen LogP contribution in [-0.2, 0) is 14.4 Å². The molecular weight excluding hydrogens is 212 g/mol. The third-order valence-electron chi connectivity index (χ3n) is 2.56. The van der Waals surface area contributed by atoms with E-state index in [9.17, 15) is 14.4 Å². The summed E-state index contributed by atoms with van der Waals surface area (Å²) >= 11 is 0. The highest BCUT2D eigenvalue weighted by Gasteiger charge is 2.24. The average Bonchev–Trinajstić information content (AvgIpc) is 2.60. The van der Waals surface area contributed by atoms with E-state index in [4.69, 9.17) is 5.11 Å². The van der Waals surface area contributed by atoms with Gasteiger partial charge in [0.25, 0.3) is 0 Å². The smallest absolute Gasteiger partial charge is 0.323 e. The largest absolute Gasteiger partial charge is 0.480 e. The zero-order chi connectivity index (χ0) is 12.1.